The molecule has 2 nitrogen and oxygen atoms in total. The van der Waals surface area contributed by atoms with E-state index in [1.807, 2.05) is 0 Å². The molecule has 0 bridgehead atoms. The molecule has 2 aromatic carbocycles. The zero-order chi connectivity index (χ0) is 28.9. The van der Waals surface area contributed by atoms with Crippen molar-refractivity contribution in [1.29, 1.82) is 0 Å². The van der Waals surface area contributed by atoms with Crippen LogP contribution in [0.15, 0.2) is 60.7 Å². The molecule has 2 aromatic heterocycles. The Morgan fingerprint density at radius 3 is 1.10 bits per heavy atom. The first kappa shape index (κ1) is 27.4. The van der Waals surface area contributed by atoms with E-state index in [4.69, 9.17) is 0 Å². The minimum Gasteiger partial charge on any atom is -0.201 e. The normalized spacial score (nSPS) is 14.8. The molecule has 1 aliphatic heterocycles. The van der Waals surface area contributed by atoms with Crippen molar-refractivity contribution in [2.45, 2.75) is 19.5 Å². The predicted molar refractivity (Wildman–Crippen MR) is 137 cm³/mol. The largest absolute Gasteiger partial charge is 0.252 e. The fraction of sp³-hybridized carbons (Fsp3) is 0.103. The fourth-order valence-corrected chi connectivity index (χ4v) is 9.42. The van der Waals surface area contributed by atoms with Gasteiger partial charge in [0.1, 0.15) is 8.07 Å². The van der Waals surface area contributed by atoms with E-state index in [9.17, 15) is 17.6 Å². The van der Waals surface area contributed by atoms with Crippen molar-refractivity contribution in [3.05, 3.63) is 130 Å². The standard InChI is InChI=1S/C29H18F8N2Si/c1-3-40(2)24(18-20(30)26(34)38-27(35)21(18)31)16(14-10-6-4-7-11-14)17(15-12-8-5-9-13-15)25(40)19-22(32)28(36)39-29(37)23(19)33/h4-13H,3H2,1-2H3. The zero-order valence-corrected chi connectivity index (χ0v) is 21.9. The van der Waals surface area contributed by atoms with Gasteiger partial charge < -0.3 is 0 Å². The molecule has 204 valence electrons. The first-order valence-electron chi connectivity index (χ1n) is 12.0. The van der Waals surface area contributed by atoms with Crippen molar-refractivity contribution in [2.75, 3.05) is 0 Å². The van der Waals surface area contributed by atoms with Gasteiger partial charge in [0, 0.05) is 0 Å². The molecular formula is C29H18F8N2Si. The van der Waals surface area contributed by atoms with Gasteiger partial charge in [-0.05, 0) is 32.7 Å². The van der Waals surface area contributed by atoms with Crippen molar-refractivity contribution in [3.63, 3.8) is 0 Å². The third-order valence-electron chi connectivity index (χ3n) is 7.18. The molecule has 0 amide bonds. The second-order valence-corrected chi connectivity index (χ2v) is 13.7. The van der Waals surface area contributed by atoms with E-state index in [-0.39, 0.29) is 38.7 Å². The molecule has 0 atom stereocenters. The predicted octanol–water partition coefficient (Wildman–Crippen LogP) is 8.30. The van der Waals surface area contributed by atoms with E-state index in [2.05, 4.69) is 9.97 Å². The van der Waals surface area contributed by atoms with Gasteiger partial charge in [-0.1, -0.05) is 80.2 Å². The zero-order valence-electron chi connectivity index (χ0n) is 20.9. The minimum atomic E-state index is -3.93. The molecule has 40 heavy (non-hydrogen) atoms. The molecule has 5 rings (SSSR count). The highest BCUT2D eigenvalue weighted by atomic mass is 28.3. The van der Waals surface area contributed by atoms with Gasteiger partial charge in [-0.2, -0.15) is 27.5 Å². The lowest BCUT2D eigenvalue weighted by Gasteiger charge is -2.30. The van der Waals surface area contributed by atoms with Crippen LogP contribution in [0, 0.1) is 47.1 Å². The van der Waals surface area contributed by atoms with Gasteiger partial charge in [-0.3, -0.25) is 0 Å². The van der Waals surface area contributed by atoms with Gasteiger partial charge >= 0.3 is 0 Å². The molecule has 0 spiro atoms. The highest BCUT2D eigenvalue weighted by Gasteiger charge is 2.50. The van der Waals surface area contributed by atoms with Gasteiger partial charge in [0.25, 0.3) is 23.8 Å². The number of rotatable bonds is 5. The summed E-state index contributed by atoms with van der Waals surface area (Å²) in [5, 5.41) is -0.497. The highest BCUT2D eigenvalue weighted by Crippen LogP contribution is 2.58. The number of aromatic nitrogens is 2. The Hall–Kier alpha value is -4.12. The number of benzene rings is 2. The van der Waals surface area contributed by atoms with Crippen LogP contribution < -0.4 is 0 Å². The van der Waals surface area contributed by atoms with Crippen LogP contribution in [0.4, 0.5) is 35.1 Å². The van der Waals surface area contributed by atoms with E-state index >= 15 is 17.6 Å². The maximum atomic E-state index is 15.5. The molecule has 0 unspecified atom stereocenters. The van der Waals surface area contributed by atoms with Crippen LogP contribution in [-0.4, -0.2) is 18.0 Å². The molecule has 0 radical (unpaired) electrons. The number of nitrogens with zero attached hydrogens (tertiary/aromatic N) is 2. The average molecular weight is 575 g/mol. The lowest BCUT2D eigenvalue weighted by atomic mass is 9.89. The van der Waals surface area contributed by atoms with Crippen molar-refractivity contribution in [1.82, 2.24) is 9.97 Å². The van der Waals surface area contributed by atoms with Crippen LogP contribution in [0.25, 0.3) is 21.5 Å². The third kappa shape index (κ3) is 4.07. The Bertz CT molecular complexity index is 1540. The van der Waals surface area contributed by atoms with Crippen LogP contribution in [0.3, 0.4) is 0 Å². The number of hydrogen-bond donors (Lipinski definition) is 0. The van der Waals surface area contributed by atoms with Crippen LogP contribution in [-0.2, 0) is 0 Å². The summed E-state index contributed by atoms with van der Waals surface area (Å²) >= 11 is 0. The Morgan fingerprint density at radius 1 is 0.525 bits per heavy atom. The van der Waals surface area contributed by atoms with Crippen LogP contribution >= 0.6 is 0 Å². The Balaban J connectivity index is 2.08. The third-order valence-corrected chi connectivity index (χ3v) is 11.8. The van der Waals surface area contributed by atoms with E-state index in [0.29, 0.717) is 0 Å². The molecule has 0 saturated heterocycles. The number of allylic oxidation sites excluding steroid dienone is 2. The van der Waals surface area contributed by atoms with E-state index in [1.54, 1.807) is 43.3 Å². The maximum absolute atomic E-state index is 15.5. The molecular weight excluding hydrogens is 556 g/mol. The maximum Gasteiger partial charge on any atom is 0.252 e. The van der Waals surface area contributed by atoms with Crippen molar-refractivity contribution in [3.8, 4) is 0 Å². The monoisotopic (exact) mass is 574 g/mol. The first-order chi connectivity index (χ1) is 19.0. The summed E-state index contributed by atoms with van der Waals surface area (Å²) in [5.41, 5.74) is -1.61. The summed E-state index contributed by atoms with van der Waals surface area (Å²) in [7, 11) is -3.93. The van der Waals surface area contributed by atoms with Crippen LogP contribution in [0.2, 0.25) is 12.6 Å². The van der Waals surface area contributed by atoms with Crippen molar-refractivity contribution in [2.24, 2.45) is 0 Å². The van der Waals surface area contributed by atoms with Crippen molar-refractivity contribution < 1.29 is 35.1 Å². The fourth-order valence-electron chi connectivity index (χ4n) is 5.28. The smallest absolute Gasteiger partial charge is 0.201 e. The lowest BCUT2D eigenvalue weighted by molar-refractivity contribution is 0.404. The first-order valence-corrected chi connectivity index (χ1v) is 14.7. The second kappa shape index (κ2) is 10.1. The Morgan fingerprint density at radius 2 is 0.825 bits per heavy atom. The Kier molecular flexibility index (Phi) is 6.95. The molecule has 0 aliphatic carbocycles. The topological polar surface area (TPSA) is 25.8 Å². The molecule has 4 aromatic rings. The molecule has 11 heteroatoms. The van der Waals surface area contributed by atoms with Gasteiger partial charge in [-0.15, -0.1) is 0 Å². The summed E-state index contributed by atoms with van der Waals surface area (Å²) in [5.74, 6) is -14.9. The number of halogens is 8. The van der Waals surface area contributed by atoms with Gasteiger partial charge in [0.05, 0.1) is 11.1 Å². The lowest BCUT2D eigenvalue weighted by Crippen LogP contribution is -2.34. The quantitative estimate of drug-likeness (QED) is 0.136. The van der Waals surface area contributed by atoms with Crippen molar-refractivity contribution >= 4 is 29.6 Å². The summed E-state index contributed by atoms with van der Waals surface area (Å²) in [4.78, 5) is 5.30. The number of pyridine rings is 2. The van der Waals surface area contributed by atoms with Gasteiger partial charge in [-0.25, -0.2) is 17.6 Å². The summed E-state index contributed by atoms with van der Waals surface area (Å²) in [6.45, 7) is 3.01. The van der Waals surface area contributed by atoms with E-state index in [1.165, 1.54) is 30.8 Å². The molecule has 3 heterocycles. The minimum absolute atomic E-state index is 0.0112. The highest BCUT2D eigenvalue weighted by molar-refractivity contribution is 7.13. The molecule has 1 aliphatic rings. The summed E-state index contributed by atoms with van der Waals surface area (Å²) < 4.78 is 120. The van der Waals surface area contributed by atoms with Gasteiger partial charge in [0.15, 0.2) is 23.3 Å². The van der Waals surface area contributed by atoms with E-state index in [0.717, 1.165) is 0 Å². The van der Waals surface area contributed by atoms with E-state index < -0.39 is 66.3 Å². The Labute approximate surface area is 224 Å². The number of hydrogen-bond acceptors (Lipinski definition) is 2. The van der Waals surface area contributed by atoms with Crippen LogP contribution in [0.1, 0.15) is 29.2 Å². The SMILES string of the molecule is CC[Si]1(C)C(c2c(F)c(F)nc(F)c2F)=C(c2ccccc2)C(c2ccccc2)=C1c1c(F)c(F)nc(F)c1F. The second-order valence-electron chi connectivity index (χ2n) is 9.31. The van der Waals surface area contributed by atoms with Gasteiger partial charge in [0.2, 0.25) is 0 Å². The summed E-state index contributed by atoms with van der Waals surface area (Å²) in [6, 6.07) is 15.7. The molecule has 0 fully saturated rings. The molecule has 0 saturated carbocycles. The molecule has 0 N–H and O–H groups in total. The summed E-state index contributed by atoms with van der Waals surface area (Å²) in [6.07, 6.45) is 0. The average Bonchev–Trinajstić information content (AvgIpc) is 3.21. The van der Waals surface area contributed by atoms with Crippen LogP contribution in [0.5, 0.6) is 0 Å².